The van der Waals surface area contributed by atoms with Crippen molar-refractivity contribution in [3.8, 4) is 0 Å². The fraction of sp³-hybridized carbons (Fsp3) is 0.457. The third kappa shape index (κ3) is 12.0. The van der Waals surface area contributed by atoms with Crippen molar-refractivity contribution in [1.29, 1.82) is 0 Å². The summed E-state index contributed by atoms with van der Waals surface area (Å²) in [7, 11) is 2.00. The molecule has 44 heavy (non-hydrogen) atoms. The van der Waals surface area contributed by atoms with Gasteiger partial charge in [0, 0.05) is 61.9 Å². The van der Waals surface area contributed by atoms with E-state index in [0.29, 0.717) is 36.8 Å². The van der Waals surface area contributed by atoms with Gasteiger partial charge in [-0.3, -0.25) is 24.7 Å². The second kappa shape index (κ2) is 18.7. The zero-order valence-corrected chi connectivity index (χ0v) is 28.1. The molecule has 1 amide bonds. The molecule has 1 aromatic carbocycles. The third-order valence-electron chi connectivity index (χ3n) is 7.51. The number of aromatic nitrogens is 1. The maximum absolute atomic E-state index is 14.4. The minimum Gasteiger partial charge on any atom is -0.400 e. The van der Waals surface area contributed by atoms with Gasteiger partial charge in [0.25, 0.3) is 5.91 Å². The molecule has 5 N–H and O–H groups in total. The molecule has 0 saturated heterocycles. The van der Waals surface area contributed by atoms with Crippen molar-refractivity contribution in [2.24, 2.45) is 22.5 Å². The third-order valence-corrected chi connectivity index (χ3v) is 7.51. The highest BCUT2D eigenvalue weighted by Gasteiger charge is 2.22. The van der Waals surface area contributed by atoms with Gasteiger partial charge in [-0.05, 0) is 89.4 Å². The highest BCUT2D eigenvalue weighted by Crippen LogP contribution is 2.26. The Kier molecular flexibility index (Phi) is 15.4. The number of carbonyl (C=O) groups is 1. The zero-order chi connectivity index (χ0) is 32.6. The molecule has 0 fully saturated rings. The first-order valence-corrected chi connectivity index (χ1v) is 15.6. The van der Waals surface area contributed by atoms with E-state index in [1.165, 1.54) is 5.01 Å². The van der Waals surface area contributed by atoms with Crippen LogP contribution in [0, 0.1) is 5.92 Å². The van der Waals surface area contributed by atoms with Crippen LogP contribution in [0.25, 0.3) is 0 Å². The number of hydrogen-bond acceptors (Lipinski definition) is 7. The average molecular weight is 603 g/mol. The molecule has 0 aliphatic rings. The SMILES string of the molecule is CCN=C(C)N/C(C)=C(\C=C(\C)CC)C(=O)N(CCC(C)CC)c1cccc(N(N)/C=C(\N)CN(C)Cc2cccnc2)c1. The van der Waals surface area contributed by atoms with Crippen molar-refractivity contribution in [2.45, 2.75) is 74.3 Å². The summed E-state index contributed by atoms with van der Waals surface area (Å²) in [6.07, 6.45) is 10.1. The summed E-state index contributed by atoms with van der Waals surface area (Å²) >= 11 is 0. The lowest BCUT2D eigenvalue weighted by Crippen LogP contribution is -2.36. The summed E-state index contributed by atoms with van der Waals surface area (Å²) in [5, 5.41) is 4.85. The van der Waals surface area contributed by atoms with E-state index in [4.69, 9.17) is 11.6 Å². The number of nitrogens with one attached hydrogen (secondary N) is 1. The Labute approximate surface area is 265 Å². The van der Waals surface area contributed by atoms with Crippen LogP contribution in [0.4, 0.5) is 11.4 Å². The maximum Gasteiger partial charge on any atom is 0.260 e. The Bertz CT molecular complexity index is 1320. The number of amides is 1. The highest BCUT2D eigenvalue weighted by molar-refractivity contribution is 6.08. The number of amidine groups is 1. The molecule has 2 rings (SSSR count). The Morgan fingerprint density at radius 3 is 2.48 bits per heavy atom. The number of carbonyl (C=O) groups excluding carboxylic acids is 1. The molecule has 9 nitrogen and oxygen atoms in total. The predicted octanol–water partition coefficient (Wildman–Crippen LogP) is 6.12. The summed E-state index contributed by atoms with van der Waals surface area (Å²) in [6, 6.07) is 11.7. The van der Waals surface area contributed by atoms with E-state index in [0.717, 1.165) is 59.9 Å². The number of anilines is 2. The monoisotopic (exact) mass is 602 g/mol. The topological polar surface area (TPSA) is 116 Å². The summed E-state index contributed by atoms with van der Waals surface area (Å²) < 4.78 is 0. The molecule has 0 radical (unpaired) electrons. The van der Waals surface area contributed by atoms with E-state index >= 15 is 0 Å². The Balaban J connectivity index is 2.42. The van der Waals surface area contributed by atoms with E-state index in [-0.39, 0.29) is 5.91 Å². The fourth-order valence-corrected chi connectivity index (χ4v) is 4.63. The largest absolute Gasteiger partial charge is 0.400 e. The molecule has 0 aliphatic carbocycles. The molecule has 1 heterocycles. The van der Waals surface area contributed by atoms with Gasteiger partial charge >= 0.3 is 0 Å². The van der Waals surface area contributed by atoms with E-state index in [2.05, 4.69) is 47.9 Å². The number of allylic oxidation sites excluding steroid dienone is 2. The molecule has 2 aromatic rings. The average Bonchev–Trinajstić information content (AvgIpc) is 2.99. The Morgan fingerprint density at radius 2 is 1.84 bits per heavy atom. The molecule has 0 saturated carbocycles. The number of rotatable bonds is 16. The quantitative estimate of drug-likeness (QED) is 0.0529. The number of hydrazine groups is 1. The van der Waals surface area contributed by atoms with E-state index in [1.807, 2.05) is 81.4 Å². The van der Waals surface area contributed by atoms with Gasteiger partial charge in [-0.25, -0.2) is 5.84 Å². The van der Waals surface area contributed by atoms with Crippen molar-refractivity contribution in [3.63, 3.8) is 0 Å². The van der Waals surface area contributed by atoms with Crippen LogP contribution < -0.4 is 26.8 Å². The molecule has 0 aliphatic heterocycles. The lowest BCUT2D eigenvalue weighted by molar-refractivity contribution is -0.115. The van der Waals surface area contributed by atoms with Crippen molar-refractivity contribution < 1.29 is 4.79 Å². The molecule has 1 atom stereocenters. The van der Waals surface area contributed by atoms with Crippen molar-refractivity contribution in [1.82, 2.24) is 15.2 Å². The predicted molar refractivity (Wildman–Crippen MR) is 186 cm³/mol. The first-order chi connectivity index (χ1) is 21.0. The van der Waals surface area contributed by atoms with E-state index < -0.39 is 0 Å². The van der Waals surface area contributed by atoms with Crippen LogP contribution >= 0.6 is 0 Å². The molecule has 9 heteroatoms. The zero-order valence-electron chi connectivity index (χ0n) is 28.1. The normalized spacial score (nSPS) is 13.9. The maximum atomic E-state index is 14.4. The van der Waals surface area contributed by atoms with Gasteiger partial charge in [0.1, 0.15) is 0 Å². The minimum atomic E-state index is -0.0665. The van der Waals surface area contributed by atoms with Crippen molar-refractivity contribution in [3.05, 3.63) is 89.2 Å². The van der Waals surface area contributed by atoms with E-state index in [9.17, 15) is 4.79 Å². The van der Waals surface area contributed by atoms with Crippen LogP contribution in [-0.2, 0) is 11.3 Å². The minimum absolute atomic E-state index is 0.0665. The van der Waals surface area contributed by atoms with Crippen LogP contribution in [0.1, 0.15) is 73.3 Å². The molecule has 0 spiro atoms. The number of aliphatic imine (C=N–C) groups is 1. The second-order valence-electron chi connectivity index (χ2n) is 11.5. The molecule has 240 valence electrons. The second-order valence-corrected chi connectivity index (χ2v) is 11.5. The Hall–Kier alpha value is -3.95. The number of benzene rings is 1. The molecule has 1 aromatic heterocycles. The van der Waals surface area contributed by atoms with Gasteiger partial charge in [-0.1, -0.05) is 44.9 Å². The van der Waals surface area contributed by atoms with Gasteiger partial charge in [-0.15, -0.1) is 0 Å². The molecule has 0 bridgehead atoms. The van der Waals surface area contributed by atoms with Crippen LogP contribution in [0.15, 0.2) is 88.6 Å². The van der Waals surface area contributed by atoms with Crippen LogP contribution in [-0.4, -0.2) is 48.3 Å². The number of nitrogens with zero attached hydrogens (tertiary/aromatic N) is 5. The van der Waals surface area contributed by atoms with Gasteiger partial charge in [0.15, 0.2) is 0 Å². The van der Waals surface area contributed by atoms with Gasteiger partial charge in [0.05, 0.1) is 17.1 Å². The molecule has 1 unspecified atom stereocenters. The highest BCUT2D eigenvalue weighted by atomic mass is 16.2. The number of likely N-dealkylation sites (N-methyl/N-ethyl adjacent to an activating group) is 1. The first kappa shape index (κ1) is 36.2. The van der Waals surface area contributed by atoms with E-state index in [1.54, 1.807) is 12.4 Å². The summed E-state index contributed by atoms with van der Waals surface area (Å²) in [5.41, 5.74) is 12.1. The van der Waals surface area contributed by atoms with Crippen LogP contribution in [0.2, 0.25) is 0 Å². The van der Waals surface area contributed by atoms with Gasteiger partial charge in [0.2, 0.25) is 0 Å². The standard InChI is InChI=1S/C35H54N8O/c1-9-26(4)17-19-42(35(44)34(20-27(5)10-2)28(6)40-29(7)39-11-3)32-15-12-16-33(21-32)43(37)25-31(36)24-41(8)23-30-14-13-18-38-22-30/h12-16,18,20-22,25-26H,9-11,17,19,23-24,36-37H2,1-8H3,(H,39,40)/b27-20-,31-25-,34-28+. The number of pyridine rings is 1. The summed E-state index contributed by atoms with van der Waals surface area (Å²) in [4.78, 5) is 27.0. The molecular weight excluding hydrogens is 548 g/mol. The van der Waals surface area contributed by atoms with Crippen LogP contribution in [0.3, 0.4) is 0 Å². The van der Waals surface area contributed by atoms with Gasteiger partial charge < -0.3 is 16.0 Å². The van der Waals surface area contributed by atoms with Gasteiger partial charge in [-0.2, -0.15) is 0 Å². The van der Waals surface area contributed by atoms with Crippen LogP contribution in [0.5, 0.6) is 0 Å². The lowest BCUT2D eigenvalue weighted by Gasteiger charge is -2.27. The molecular formula is C35H54N8O. The summed E-state index contributed by atoms with van der Waals surface area (Å²) in [6.45, 7) is 16.9. The van der Waals surface area contributed by atoms with Crippen molar-refractivity contribution >= 4 is 23.1 Å². The van der Waals surface area contributed by atoms with Crippen molar-refractivity contribution in [2.75, 3.05) is 36.6 Å². The fourth-order valence-electron chi connectivity index (χ4n) is 4.63. The number of hydrogen-bond donors (Lipinski definition) is 3. The Morgan fingerprint density at radius 1 is 1.11 bits per heavy atom. The smallest absolute Gasteiger partial charge is 0.260 e. The summed E-state index contributed by atoms with van der Waals surface area (Å²) in [5.74, 6) is 7.68. The lowest BCUT2D eigenvalue weighted by atomic mass is 10.0. The first-order valence-electron chi connectivity index (χ1n) is 15.6. The number of nitrogens with two attached hydrogens (primary N) is 2.